The summed E-state index contributed by atoms with van der Waals surface area (Å²) in [6.07, 6.45) is 10.4. The second-order valence-corrected chi connectivity index (χ2v) is 20.3. The van der Waals surface area contributed by atoms with Gasteiger partial charge in [-0.05, 0) is 0 Å². The van der Waals surface area contributed by atoms with Crippen molar-refractivity contribution in [2.75, 3.05) is 13.2 Å². The number of hydrogen-bond donors (Lipinski definition) is 0. The van der Waals surface area contributed by atoms with Gasteiger partial charge in [0.05, 0.1) is 0 Å². The largest absolute Gasteiger partial charge is 1.00 e. The average molecular weight is 517 g/mol. The fourth-order valence-electron chi connectivity index (χ4n) is 3.63. The van der Waals surface area contributed by atoms with Crippen molar-refractivity contribution in [2.24, 2.45) is 0 Å². The minimum Gasteiger partial charge on any atom is -1.00 e. The molecule has 1 atom stereocenters. The van der Waals surface area contributed by atoms with Crippen LogP contribution in [0.1, 0.15) is 35.0 Å². The van der Waals surface area contributed by atoms with Crippen molar-refractivity contribution < 1.29 is 55.2 Å². The van der Waals surface area contributed by atoms with Gasteiger partial charge in [-0.15, -0.1) is 0 Å². The molecule has 2 nitrogen and oxygen atoms in total. The summed E-state index contributed by atoms with van der Waals surface area (Å²) in [7, 11) is -1.45. The van der Waals surface area contributed by atoms with E-state index >= 15 is 0 Å². The van der Waals surface area contributed by atoms with Crippen molar-refractivity contribution in [2.45, 2.75) is 43.5 Å². The van der Waals surface area contributed by atoms with E-state index in [9.17, 15) is 0 Å². The molecule has 1 unspecified atom stereocenters. The van der Waals surface area contributed by atoms with Gasteiger partial charge < -0.3 is 24.8 Å². The van der Waals surface area contributed by atoms with E-state index in [0.29, 0.717) is 16.8 Å². The Morgan fingerprint density at radius 1 is 1.11 bits per heavy atom. The summed E-state index contributed by atoms with van der Waals surface area (Å²) in [6.45, 7) is 12.7. The average Bonchev–Trinajstić information content (AvgIpc) is 3.19. The molecule has 0 heterocycles. The summed E-state index contributed by atoms with van der Waals surface area (Å²) >= 11 is -1.91. The Hall–Kier alpha value is -0.250. The molecule has 1 aromatic rings. The fourth-order valence-corrected chi connectivity index (χ4v) is 12.1. The molecule has 152 valence electrons. The SMILES string of the molecule is C[C](C)=[Zr+2]([C]1=CC(OCCO[Si](C)(C)C)=CC1)[CH]1C=Cc2ccccc21.[Cl-].[Cl-]. The molecule has 1 aromatic carbocycles. The molecular weight excluding hydrogens is 486 g/mol. The zero-order valence-electron chi connectivity index (χ0n) is 17.4. The maximum absolute atomic E-state index is 5.98. The number of ether oxygens (including phenoxy) is 1. The Kier molecular flexibility index (Phi) is 10.3. The van der Waals surface area contributed by atoms with Crippen LogP contribution < -0.4 is 24.8 Å². The summed E-state index contributed by atoms with van der Waals surface area (Å²) in [5.41, 5.74) is 2.94. The summed E-state index contributed by atoms with van der Waals surface area (Å²) in [5.74, 6) is 1.05. The van der Waals surface area contributed by atoms with E-state index in [0.717, 1.165) is 12.2 Å². The van der Waals surface area contributed by atoms with E-state index in [-0.39, 0.29) is 24.8 Å². The van der Waals surface area contributed by atoms with Gasteiger partial charge >= 0.3 is 167 Å². The topological polar surface area (TPSA) is 18.5 Å². The van der Waals surface area contributed by atoms with Gasteiger partial charge in [0.25, 0.3) is 0 Å². The monoisotopic (exact) mass is 514 g/mol. The second kappa shape index (κ2) is 11.2. The van der Waals surface area contributed by atoms with Gasteiger partial charge in [0.1, 0.15) is 0 Å². The molecular formula is C22H30Cl2O2SiZr. The molecule has 0 aliphatic heterocycles. The molecule has 2 aliphatic carbocycles. The zero-order chi connectivity index (χ0) is 18.7. The van der Waals surface area contributed by atoms with Gasteiger partial charge in [-0.3, -0.25) is 0 Å². The van der Waals surface area contributed by atoms with E-state index in [1.165, 1.54) is 11.1 Å². The number of allylic oxidation sites excluding steroid dienone is 4. The molecule has 0 N–H and O–H groups in total. The molecule has 0 aromatic heterocycles. The number of fused-ring (bicyclic) bond motifs is 1. The Morgan fingerprint density at radius 3 is 2.50 bits per heavy atom. The predicted molar refractivity (Wildman–Crippen MR) is 111 cm³/mol. The Morgan fingerprint density at radius 2 is 1.82 bits per heavy atom. The van der Waals surface area contributed by atoms with Crippen molar-refractivity contribution in [1.82, 2.24) is 0 Å². The van der Waals surface area contributed by atoms with Crippen LogP contribution in [0.3, 0.4) is 0 Å². The van der Waals surface area contributed by atoms with E-state index in [2.05, 4.69) is 82.1 Å². The summed E-state index contributed by atoms with van der Waals surface area (Å²) in [4.78, 5) is 0. The van der Waals surface area contributed by atoms with Gasteiger partial charge in [-0.2, -0.15) is 0 Å². The minimum atomic E-state index is -1.91. The Labute approximate surface area is 191 Å². The minimum absolute atomic E-state index is 0. The van der Waals surface area contributed by atoms with Crippen molar-refractivity contribution in [3.63, 3.8) is 0 Å². The van der Waals surface area contributed by atoms with Crippen LogP contribution in [-0.2, 0) is 30.4 Å². The van der Waals surface area contributed by atoms with Crippen LogP contribution in [0.2, 0.25) is 19.6 Å². The Bertz CT molecular complexity index is 803. The van der Waals surface area contributed by atoms with E-state index in [4.69, 9.17) is 9.16 Å². The quantitative estimate of drug-likeness (QED) is 0.364. The van der Waals surface area contributed by atoms with Gasteiger partial charge in [0.15, 0.2) is 0 Å². The first-order chi connectivity index (χ1) is 12.3. The molecule has 6 heteroatoms. The van der Waals surface area contributed by atoms with E-state index in [1.54, 1.807) is 6.49 Å². The van der Waals surface area contributed by atoms with E-state index < -0.39 is 29.6 Å². The Balaban J connectivity index is 0.00000196. The normalized spacial score (nSPS) is 16.8. The molecule has 0 spiro atoms. The van der Waals surface area contributed by atoms with Crippen molar-refractivity contribution in [3.05, 3.63) is 62.7 Å². The van der Waals surface area contributed by atoms with Crippen LogP contribution in [0.25, 0.3) is 6.08 Å². The molecule has 0 amide bonds. The van der Waals surface area contributed by atoms with Crippen LogP contribution in [0, 0.1) is 0 Å². The van der Waals surface area contributed by atoms with Gasteiger partial charge in [-0.25, -0.2) is 0 Å². The third kappa shape index (κ3) is 6.64. The van der Waals surface area contributed by atoms with Crippen LogP contribution in [0.15, 0.2) is 51.5 Å². The predicted octanol–water partition coefficient (Wildman–Crippen LogP) is -0.367. The van der Waals surface area contributed by atoms with Gasteiger partial charge in [0.2, 0.25) is 0 Å². The molecule has 2 aliphatic rings. The number of halogens is 2. The van der Waals surface area contributed by atoms with Crippen LogP contribution in [0.4, 0.5) is 0 Å². The van der Waals surface area contributed by atoms with E-state index in [1.807, 2.05) is 0 Å². The molecule has 0 saturated carbocycles. The summed E-state index contributed by atoms with van der Waals surface area (Å²) in [6, 6.07) is 8.88. The smallest absolute Gasteiger partial charge is 1.00 e. The second-order valence-electron chi connectivity index (χ2n) is 8.17. The molecule has 3 rings (SSSR count). The molecule has 0 saturated heterocycles. The summed E-state index contributed by atoms with van der Waals surface area (Å²) in [5, 5.41) is 0. The zero-order valence-corrected chi connectivity index (χ0v) is 22.4. The first-order valence-electron chi connectivity index (χ1n) is 9.47. The summed E-state index contributed by atoms with van der Waals surface area (Å²) < 4.78 is 15.8. The number of hydrogen-bond acceptors (Lipinski definition) is 2. The number of benzene rings is 1. The van der Waals surface area contributed by atoms with Gasteiger partial charge in [-0.1, -0.05) is 0 Å². The third-order valence-corrected chi connectivity index (χ3v) is 13.8. The number of rotatable bonds is 7. The first kappa shape index (κ1) is 25.8. The third-order valence-electron chi connectivity index (χ3n) is 4.72. The fraction of sp³-hybridized carbons (Fsp3) is 0.409. The molecule has 0 fully saturated rings. The maximum Gasteiger partial charge on any atom is -1.00 e. The first-order valence-corrected chi connectivity index (χ1v) is 16.8. The van der Waals surface area contributed by atoms with Crippen LogP contribution >= 0.6 is 0 Å². The molecule has 0 bridgehead atoms. The maximum atomic E-state index is 5.98. The van der Waals surface area contributed by atoms with Crippen molar-refractivity contribution >= 4 is 17.6 Å². The van der Waals surface area contributed by atoms with Crippen molar-refractivity contribution in [3.8, 4) is 0 Å². The van der Waals surface area contributed by atoms with Crippen LogP contribution in [0.5, 0.6) is 0 Å². The molecule has 0 radical (unpaired) electrons. The molecule has 28 heavy (non-hydrogen) atoms. The van der Waals surface area contributed by atoms with Crippen LogP contribution in [-0.4, -0.2) is 24.7 Å². The standard InChI is InChI=1S/C10H17O2Si.C9H7.C3H6.2ClH.Zr/c1-13(2,3)12-9-8-11-10-6-4-5-7-10;1-2-5-9-7-3-6-8(9)4-1;1-3-2;;;/h6-7H,4,8-9H2,1-3H3;1-7H;1-2H3;2*1H;/q;;;;;+2/p-2. The van der Waals surface area contributed by atoms with Gasteiger partial charge in [0, 0.05) is 0 Å². The van der Waals surface area contributed by atoms with Crippen molar-refractivity contribution in [1.29, 1.82) is 0 Å².